The molecule has 1 aromatic rings. The Morgan fingerprint density at radius 2 is 1.92 bits per heavy atom. The van der Waals surface area contributed by atoms with Crippen molar-refractivity contribution in [2.75, 3.05) is 6.61 Å². The van der Waals surface area contributed by atoms with Crippen molar-refractivity contribution in [3.05, 3.63) is 35.9 Å². The predicted octanol–water partition coefficient (Wildman–Crippen LogP) is 2.17. The average Bonchev–Trinajstić information content (AvgIpc) is 2.92. The van der Waals surface area contributed by atoms with E-state index in [1.807, 2.05) is 18.2 Å². The zero-order valence-electron chi connectivity index (χ0n) is 7.11. The van der Waals surface area contributed by atoms with Crippen LogP contribution < -0.4 is 0 Å². The summed E-state index contributed by atoms with van der Waals surface area (Å²) in [5.74, 6) is 1.14. The van der Waals surface area contributed by atoms with Gasteiger partial charge in [0.15, 0.2) is 0 Å². The molecule has 0 bridgehead atoms. The molecule has 1 saturated carbocycles. The van der Waals surface area contributed by atoms with Gasteiger partial charge in [0.1, 0.15) is 0 Å². The van der Waals surface area contributed by atoms with Crippen LogP contribution in [0.5, 0.6) is 0 Å². The van der Waals surface area contributed by atoms with Crippen LogP contribution in [0.3, 0.4) is 0 Å². The molecule has 12 heavy (non-hydrogen) atoms. The molecule has 1 aliphatic rings. The molecular weight excluding hydrogens is 148 g/mol. The van der Waals surface area contributed by atoms with Crippen molar-refractivity contribution in [3.8, 4) is 0 Å². The maximum Gasteiger partial charge on any atom is 0.0502 e. The summed E-state index contributed by atoms with van der Waals surface area (Å²) in [5, 5.41) is 9.19. The van der Waals surface area contributed by atoms with Gasteiger partial charge < -0.3 is 5.11 Å². The van der Waals surface area contributed by atoms with Gasteiger partial charge >= 0.3 is 0 Å². The molecule has 0 aliphatic heterocycles. The molecule has 0 amide bonds. The molecule has 0 unspecified atom stereocenters. The lowest BCUT2D eigenvalue weighted by Crippen LogP contribution is -2.05. The quantitative estimate of drug-likeness (QED) is 0.722. The number of hydrogen-bond donors (Lipinski definition) is 1. The Morgan fingerprint density at radius 3 is 2.42 bits per heavy atom. The zero-order chi connectivity index (χ0) is 8.39. The number of benzene rings is 1. The molecule has 1 atom stereocenters. The van der Waals surface area contributed by atoms with Gasteiger partial charge in [0.2, 0.25) is 0 Å². The summed E-state index contributed by atoms with van der Waals surface area (Å²) in [4.78, 5) is 0. The highest BCUT2D eigenvalue weighted by molar-refractivity contribution is 5.21. The van der Waals surface area contributed by atoms with Gasteiger partial charge in [0, 0.05) is 5.92 Å². The average molecular weight is 162 g/mol. The first-order chi connectivity index (χ1) is 5.92. The first-order valence-electron chi connectivity index (χ1n) is 4.57. The highest BCUT2D eigenvalue weighted by Crippen LogP contribution is 2.42. The van der Waals surface area contributed by atoms with Crippen molar-refractivity contribution in [2.45, 2.75) is 18.8 Å². The highest BCUT2D eigenvalue weighted by Gasteiger charge is 2.31. The maximum absolute atomic E-state index is 9.19. The van der Waals surface area contributed by atoms with E-state index in [1.54, 1.807) is 0 Å². The Morgan fingerprint density at radius 1 is 1.25 bits per heavy atom. The molecule has 1 aromatic carbocycles. The van der Waals surface area contributed by atoms with Crippen LogP contribution in [0.15, 0.2) is 30.3 Å². The predicted molar refractivity (Wildman–Crippen MR) is 49.0 cm³/mol. The van der Waals surface area contributed by atoms with Crippen LogP contribution in [-0.4, -0.2) is 11.7 Å². The Kier molecular flexibility index (Phi) is 2.13. The Balaban J connectivity index is 2.15. The first kappa shape index (κ1) is 7.81. The first-order valence-corrected chi connectivity index (χ1v) is 4.57. The number of hydrogen-bond acceptors (Lipinski definition) is 1. The lowest BCUT2D eigenvalue weighted by atomic mass is 9.95. The molecule has 0 radical (unpaired) electrons. The lowest BCUT2D eigenvalue weighted by Gasteiger charge is -2.12. The van der Waals surface area contributed by atoms with Crippen LogP contribution >= 0.6 is 0 Å². The van der Waals surface area contributed by atoms with Crippen LogP contribution in [0.4, 0.5) is 0 Å². The van der Waals surface area contributed by atoms with Crippen molar-refractivity contribution < 1.29 is 5.11 Å². The van der Waals surface area contributed by atoms with Crippen molar-refractivity contribution in [1.29, 1.82) is 0 Å². The van der Waals surface area contributed by atoms with E-state index in [0.29, 0.717) is 12.5 Å². The molecule has 1 nitrogen and oxygen atoms in total. The largest absolute Gasteiger partial charge is 0.396 e. The second-order valence-electron chi connectivity index (χ2n) is 3.54. The molecule has 0 heterocycles. The summed E-state index contributed by atoms with van der Waals surface area (Å²) >= 11 is 0. The Bertz CT molecular complexity index is 238. The lowest BCUT2D eigenvalue weighted by molar-refractivity contribution is 0.253. The molecule has 0 spiro atoms. The third kappa shape index (κ3) is 1.51. The molecule has 1 fully saturated rings. The molecule has 1 N–H and O–H groups in total. The summed E-state index contributed by atoms with van der Waals surface area (Å²) in [7, 11) is 0. The van der Waals surface area contributed by atoms with Gasteiger partial charge in [-0.25, -0.2) is 0 Å². The fraction of sp³-hybridized carbons (Fsp3) is 0.455. The number of rotatable bonds is 3. The van der Waals surface area contributed by atoms with Crippen molar-refractivity contribution in [3.63, 3.8) is 0 Å². The third-order valence-electron chi connectivity index (χ3n) is 2.62. The van der Waals surface area contributed by atoms with Crippen LogP contribution in [0.1, 0.15) is 24.3 Å². The van der Waals surface area contributed by atoms with Gasteiger partial charge in [0.05, 0.1) is 6.61 Å². The second kappa shape index (κ2) is 3.28. The molecular formula is C11H14O. The summed E-state index contributed by atoms with van der Waals surface area (Å²) in [6, 6.07) is 10.3. The highest BCUT2D eigenvalue weighted by atomic mass is 16.3. The van der Waals surface area contributed by atoms with Crippen LogP contribution in [0.2, 0.25) is 0 Å². The molecule has 0 aromatic heterocycles. The van der Waals surface area contributed by atoms with E-state index in [2.05, 4.69) is 12.1 Å². The topological polar surface area (TPSA) is 20.2 Å². The summed E-state index contributed by atoms with van der Waals surface area (Å²) in [5.41, 5.74) is 1.29. The monoisotopic (exact) mass is 162 g/mol. The van der Waals surface area contributed by atoms with Gasteiger partial charge in [0.25, 0.3) is 0 Å². The van der Waals surface area contributed by atoms with Gasteiger partial charge in [-0.3, -0.25) is 0 Å². The Labute approximate surface area is 73.0 Å². The fourth-order valence-electron chi connectivity index (χ4n) is 1.73. The minimum atomic E-state index is 0.300. The molecule has 1 aliphatic carbocycles. The van der Waals surface area contributed by atoms with Gasteiger partial charge in [-0.1, -0.05) is 30.3 Å². The number of aliphatic hydroxyl groups excluding tert-OH is 1. The SMILES string of the molecule is OC[C@H](c1ccccc1)C1CC1. The van der Waals surface area contributed by atoms with E-state index in [-0.39, 0.29) is 0 Å². The minimum absolute atomic E-state index is 0.300. The van der Waals surface area contributed by atoms with E-state index >= 15 is 0 Å². The summed E-state index contributed by atoms with van der Waals surface area (Å²) < 4.78 is 0. The molecule has 2 rings (SSSR count). The van der Waals surface area contributed by atoms with Crippen molar-refractivity contribution in [2.24, 2.45) is 5.92 Å². The smallest absolute Gasteiger partial charge is 0.0502 e. The molecule has 1 heteroatoms. The second-order valence-corrected chi connectivity index (χ2v) is 3.54. The van der Waals surface area contributed by atoms with E-state index in [1.165, 1.54) is 18.4 Å². The van der Waals surface area contributed by atoms with E-state index in [4.69, 9.17) is 0 Å². The Hall–Kier alpha value is -0.820. The maximum atomic E-state index is 9.19. The van der Waals surface area contributed by atoms with E-state index < -0.39 is 0 Å². The molecule has 0 saturated heterocycles. The van der Waals surface area contributed by atoms with Crippen molar-refractivity contribution >= 4 is 0 Å². The van der Waals surface area contributed by atoms with Gasteiger partial charge in [-0.05, 0) is 24.3 Å². The van der Waals surface area contributed by atoms with Crippen molar-refractivity contribution in [1.82, 2.24) is 0 Å². The summed E-state index contributed by atoms with van der Waals surface area (Å²) in [6.45, 7) is 0.300. The zero-order valence-corrected chi connectivity index (χ0v) is 7.11. The number of aliphatic hydroxyl groups is 1. The van der Waals surface area contributed by atoms with Crippen LogP contribution in [0, 0.1) is 5.92 Å². The van der Waals surface area contributed by atoms with Crippen LogP contribution in [-0.2, 0) is 0 Å². The van der Waals surface area contributed by atoms with Crippen LogP contribution in [0.25, 0.3) is 0 Å². The minimum Gasteiger partial charge on any atom is -0.396 e. The molecule has 64 valence electrons. The fourth-order valence-corrected chi connectivity index (χ4v) is 1.73. The standard InChI is InChI=1S/C11H14O/c12-8-11(10-6-7-10)9-4-2-1-3-5-9/h1-5,10-12H,6-8H2/t11-/m1/s1. The van der Waals surface area contributed by atoms with Gasteiger partial charge in [-0.15, -0.1) is 0 Å². The third-order valence-corrected chi connectivity index (χ3v) is 2.62. The van der Waals surface area contributed by atoms with Gasteiger partial charge in [-0.2, -0.15) is 0 Å². The van der Waals surface area contributed by atoms with E-state index in [0.717, 1.165) is 5.92 Å². The van der Waals surface area contributed by atoms with E-state index in [9.17, 15) is 5.11 Å². The summed E-state index contributed by atoms with van der Waals surface area (Å²) in [6.07, 6.45) is 2.58. The normalized spacial score (nSPS) is 19.1.